The number of benzene rings is 2. The second kappa shape index (κ2) is 9.95. The van der Waals surface area contributed by atoms with Gasteiger partial charge in [-0.15, -0.1) is 0 Å². The lowest BCUT2D eigenvalue weighted by Crippen LogP contribution is -2.32. The van der Waals surface area contributed by atoms with Crippen LogP contribution in [0.4, 0.5) is 5.69 Å². The first-order chi connectivity index (χ1) is 14.5. The van der Waals surface area contributed by atoms with Crippen LogP contribution in [0.5, 0.6) is 11.5 Å². The van der Waals surface area contributed by atoms with Crippen molar-refractivity contribution in [2.45, 2.75) is 37.5 Å². The van der Waals surface area contributed by atoms with Crippen molar-refractivity contribution >= 4 is 21.6 Å². The van der Waals surface area contributed by atoms with Gasteiger partial charge in [0.05, 0.1) is 18.6 Å². The van der Waals surface area contributed by atoms with Crippen molar-refractivity contribution in [1.29, 1.82) is 0 Å². The van der Waals surface area contributed by atoms with E-state index < -0.39 is 10.0 Å². The number of methoxy groups -OCH3 is 1. The second-order valence-electron chi connectivity index (χ2n) is 7.10. The molecule has 30 heavy (non-hydrogen) atoms. The summed E-state index contributed by atoms with van der Waals surface area (Å²) in [5.41, 5.74) is 0.810. The fourth-order valence-electron chi connectivity index (χ4n) is 3.45. The van der Waals surface area contributed by atoms with E-state index in [4.69, 9.17) is 9.47 Å². The van der Waals surface area contributed by atoms with Gasteiger partial charge in [-0.3, -0.25) is 4.79 Å². The van der Waals surface area contributed by atoms with E-state index in [1.54, 1.807) is 40.7 Å². The third-order valence-corrected chi connectivity index (χ3v) is 6.92. The summed E-state index contributed by atoms with van der Waals surface area (Å²) >= 11 is 0. The molecule has 1 fully saturated rings. The van der Waals surface area contributed by atoms with Crippen LogP contribution in [0.2, 0.25) is 0 Å². The monoisotopic (exact) mass is 432 g/mol. The Hall–Kier alpha value is -2.58. The Labute approximate surface area is 178 Å². The molecule has 1 N–H and O–H groups in total. The minimum atomic E-state index is -3.59. The summed E-state index contributed by atoms with van der Waals surface area (Å²) in [6.45, 7) is 3.36. The first kappa shape index (κ1) is 22.1. The van der Waals surface area contributed by atoms with E-state index in [0.717, 1.165) is 25.7 Å². The molecule has 1 saturated heterocycles. The van der Waals surface area contributed by atoms with Crippen molar-refractivity contribution in [3.8, 4) is 11.5 Å². The standard InChI is InChI=1S/C22H28N2O5S/c1-3-29-21-15-17(11-12-20(21)28-2)22(25)23-18-9-8-10-19(16-18)30(26,27)24-13-6-4-5-7-14-24/h8-12,15-16H,3-7,13-14H2,1-2H3,(H,23,25). The topological polar surface area (TPSA) is 84.9 Å². The normalized spacial score (nSPS) is 15.3. The van der Waals surface area contributed by atoms with Crippen LogP contribution in [-0.2, 0) is 10.0 Å². The largest absolute Gasteiger partial charge is 0.493 e. The van der Waals surface area contributed by atoms with Crippen molar-refractivity contribution in [2.75, 3.05) is 32.1 Å². The highest BCUT2D eigenvalue weighted by molar-refractivity contribution is 7.89. The molecule has 1 heterocycles. The van der Waals surface area contributed by atoms with Crippen molar-refractivity contribution in [2.24, 2.45) is 0 Å². The molecule has 1 amide bonds. The molecule has 2 aromatic carbocycles. The Morgan fingerprint density at radius 3 is 2.43 bits per heavy atom. The number of hydrogen-bond acceptors (Lipinski definition) is 5. The number of carbonyl (C=O) groups excluding carboxylic acids is 1. The highest BCUT2D eigenvalue weighted by Gasteiger charge is 2.25. The molecule has 162 valence electrons. The molecule has 0 aliphatic carbocycles. The maximum Gasteiger partial charge on any atom is 0.255 e. The Bertz CT molecular complexity index is 983. The number of rotatable bonds is 7. The van der Waals surface area contributed by atoms with E-state index in [0.29, 0.717) is 42.4 Å². The molecule has 2 aromatic rings. The Morgan fingerprint density at radius 1 is 1.03 bits per heavy atom. The number of anilines is 1. The van der Waals surface area contributed by atoms with Gasteiger partial charge in [-0.2, -0.15) is 4.31 Å². The van der Waals surface area contributed by atoms with Gasteiger partial charge in [0.1, 0.15) is 0 Å². The average Bonchev–Trinajstić information content (AvgIpc) is 3.04. The highest BCUT2D eigenvalue weighted by Crippen LogP contribution is 2.29. The quantitative estimate of drug-likeness (QED) is 0.717. The lowest BCUT2D eigenvalue weighted by molar-refractivity contribution is 0.102. The van der Waals surface area contributed by atoms with Crippen molar-refractivity contribution in [3.05, 3.63) is 48.0 Å². The lowest BCUT2D eigenvalue weighted by atomic mass is 10.2. The van der Waals surface area contributed by atoms with E-state index in [2.05, 4.69) is 5.32 Å². The number of nitrogens with one attached hydrogen (secondary N) is 1. The number of ether oxygens (including phenoxy) is 2. The maximum absolute atomic E-state index is 13.0. The molecule has 0 radical (unpaired) electrons. The zero-order chi connectivity index (χ0) is 21.6. The first-order valence-corrected chi connectivity index (χ1v) is 11.6. The summed E-state index contributed by atoms with van der Waals surface area (Å²) in [7, 11) is -2.05. The smallest absolute Gasteiger partial charge is 0.255 e. The zero-order valence-corrected chi connectivity index (χ0v) is 18.2. The van der Waals surface area contributed by atoms with Crippen LogP contribution in [0, 0.1) is 0 Å². The van der Waals surface area contributed by atoms with Gasteiger partial charge < -0.3 is 14.8 Å². The second-order valence-corrected chi connectivity index (χ2v) is 9.04. The van der Waals surface area contributed by atoms with Crippen molar-refractivity contribution in [1.82, 2.24) is 4.31 Å². The number of sulfonamides is 1. The third kappa shape index (κ3) is 5.12. The number of amides is 1. The Balaban J connectivity index is 1.79. The summed E-state index contributed by atoms with van der Waals surface area (Å²) < 4.78 is 38.3. The molecule has 0 atom stereocenters. The molecule has 8 heteroatoms. The summed E-state index contributed by atoms with van der Waals surface area (Å²) in [4.78, 5) is 12.9. The van der Waals surface area contributed by atoms with Crippen LogP contribution < -0.4 is 14.8 Å². The molecular formula is C22H28N2O5S. The van der Waals surface area contributed by atoms with E-state index in [9.17, 15) is 13.2 Å². The van der Waals surface area contributed by atoms with Gasteiger partial charge in [0, 0.05) is 24.3 Å². The van der Waals surface area contributed by atoms with Crippen LogP contribution in [0.25, 0.3) is 0 Å². The number of nitrogens with zero attached hydrogens (tertiary/aromatic N) is 1. The van der Waals surface area contributed by atoms with Gasteiger partial charge in [-0.1, -0.05) is 18.9 Å². The van der Waals surface area contributed by atoms with E-state index in [1.807, 2.05) is 6.92 Å². The van der Waals surface area contributed by atoms with Gasteiger partial charge in [0.2, 0.25) is 10.0 Å². The van der Waals surface area contributed by atoms with Crippen molar-refractivity contribution < 1.29 is 22.7 Å². The van der Waals surface area contributed by atoms with Gasteiger partial charge in [-0.05, 0) is 56.2 Å². The lowest BCUT2D eigenvalue weighted by Gasteiger charge is -2.20. The fourth-order valence-corrected chi connectivity index (χ4v) is 5.02. The highest BCUT2D eigenvalue weighted by atomic mass is 32.2. The predicted molar refractivity (Wildman–Crippen MR) is 116 cm³/mol. The summed E-state index contributed by atoms with van der Waals surface area (Å²) in [5.74, 6) is 0.659. The van der Waals surface area contributed by atoms with Crippen LogP contribution in [0.1, 0.15) is 43.0 Å². The molecule has 0 bridgehead atoms. The third-order valence-electron chi connectivity index (χ3n) is 5.02. The molecular weight excluding hydrogens is 404 g/mol. The van der Waals surface area contributed by atoms with Crippen LogP contribution in [-0.4, -0.2) is 45.4 Å². The van der Waals surface area contributed by atoms with Crippen LogP contribution in [0.15, 0.2) is 47.4 Å². The van der Waals surface area contributed by atoms with E-state index in [1.165, 1.54) is 13.2 Å². The van der Waals surface area contributed by atoms with E-state index in [-0.39, 0.29) is 10.8 Å². The Kier molecular flexibility index (Phi) is 7.33. The molecule has 1 aliphatic heterocycles. The zero-order valence-electron chi connectivity index (χ0n) is 17.4. The molecule has 0 unspecified atom stereocenters. The number of carbonyl (C=O) groups is 1. The summed E-state index contributed by atoms with van der Waals surface area (Å²) in [6, 6.07) is 11.3. The van der Waals surface area contributed by atoms with Gasteiger partial charge in [-0.25, -0.2) is 8.42 Å². The van der Waals surface area contributed by atoms with Gasteiger partial charge >= 0.3 is 0 Å². The minimum Gasteiger partial charge on any atom is -0.493 e. The van der Waals surface area contributed by atoms with Gasteiger partial charge in [0.25, 0.3) is 5.91 Å². The van der Waals surface area contributed by atoms with Crippen LogP contribution in [0.3, 0.4) is 0 Å². The predicted octanol–water partition coefficient (Wildman–Crippen LogP) is 3.91. The molecule has 0 aromatic heterocycles. The van der Waals surface area contributed by atoms with E-state index >= 15 is 0 Å². The summed E-state index contributed by atoms with van der Waals surface area (Å²) in [6.07, 6.45) is 3.84. The molecule has 1 aliphatic rings. The van der Waals surface area contributed by atoms with Crippen molar-refractivity contribution in [3.63, 3.8) is 0 Å². The fraction of sp³-hybridized carbons (Fsp3) is 0.409. The first-order valence-electron chi connectivity index (χ1n) is 10.2. The SMILES string of the molecule is CCOc1cc(C(=O)Nc2cccc(S(=O)(=O)N3CCCCCC3)c2)ccc1OC. The molecule has 0 saturated carbocycles. The average molecular weight is 433 g/mol. The minimum absolute atomic E-state index is 0.187. The maximum atomic E-state index is 13.0. The Morgan fingerprint density at radius 2 is 1.77 bits per heavy atom. The molecule has 7 nitrogen and oxygen atoms in total. The van der Waals surface area contributed by atoms with Crippen LogP contribution >= 0.6 is 0 Å². The van der Waals surface area contributed by atoms with Gasteiger partial charge in [0.15, 0.2) is 11.5 Å². The molecule has 0 spiro atoms. The number of hydrogen-bond donors (Lipinski definition) is 1. The summed E-state index contributed by atoms with van der Waals surface area (Å²) in [5, 5.41) is 2.77. The molecule has 3 rings (SSSR count).